The average Bonchev–Trinajstić information content (AvgIpc) is 3.31. The maximum atomic E-state index is 12.9. The van der Waals surface area contributed by atoms with Gasteiger partial charge in [0, 0.05) is 24.3 Å². The minimum atomic E-state index is -0.364. The Morgan fingerprint density at radius 3 is 2.70 bits per heavy atom. The number of hydrogen-bond donors (Lipinski definition) is 1. The van der Waals surface area contributed by atoms with E-state index in [1.807, 2.05) is 38.4 Å². The van der Waals surface area contributed by atoms with Gasteiger partial charge in [-0.25, -0.2) is 0 Å². The van der Waals surface area contributed by atoms with Gasteiger partial charge in [-0.3, -0.25) is 9.48 Å². The van der Waals surface area contributed by atoms with Gasteiger partial charge in [-0.1, -0.05) is 25.9 Å². The molecule has 3 atom stereocenters. The highest BCUT2D eigenvalue weighted by molar-refractivity contribution is 5.80. The second kappa shape index (κ2) is 7.42. The van der Waals surface area contributed by atoms with Crippen molar-refractivity contribution in [2.75, 3.05) is 6.61 Å². The highest BCUT2D eigenvalue weighted by Gasteiger charge is 2.38. The number of nitrogens with one attached hydrogen (secondary N) is 1. The van der Waals surface area contributed by atoms with Crippen LogP contribution in [0.4, 0.5) is 0 Å². The first-order valence-corrected chi connectivity index (χ1v) is 9.48. The van der Waals surface area contributed by atoms with E-state index < -0.39 is 0 Å². The third kappa shape index (κ3) is 4.05. The molecule has 3 rings (SSSR count). The van der Waals surface area contributed by atoms with Crippen LogP contribution in [0.3, 0.4) is 0 Å². The number of nitrogens with zero attached hydrogens (tertiary/aromatic N) is 4. The van der Waals surface area contributed by atoms with Gasteiger partial charge in [-0.05, 0) is 33.3 Å². The van der Waals surface area contributed by atoms with E-state index in [0.29, 0.717) is 24.7 Å². The summed E-state index contributed by atoms with van der Waals surface area (Å²) in [6, 6.07) is 1.77. The lowest BCUT2D eigenvalue weighted by Crippen LogP contribution is -2.35. The van der Waals surface area contributed by atoms with Gasteiger partial charge in [0.05, 0.1) is 11.6 Å². The van der Waals surface area contributed by atoms with Gasteiger partial charge >= 0.3 is 0 Å². The fraction of sp³-hybridized carbons (Fsp3) is 0.684. The summed E-state index contributed by atoms with van der Waals surface area (Å²) in [5, 5.41) is 11.4. The molecule has 2 aromatic heterocycles. The van der Waals surface area contributed by atoms with E-state index in [4.69, 9.17) is 9.26 Å². The summed E-state index contributed by atoms with van der Waals surface area (Å²) in [6.45, 7) is 12.6. The molecule has 0 aromatic carbocycles. The van der Waals surface area contributed by atoms with Crippen molar-refractivity contribution < 1.29 is 14.1 Å². The molecule has 8 heteroatoms. The van der Waals surface area contributed by atoms with E-state index in [2.05, 4.69) is 34.4 Å². The van der Waals surface area contributed by atoms with Gasteiger partial charge in [0.1, 0.15) is 12.1 Å². The Morgan fingerprint density at radius 1 is 1.33 bits per heavy atom. The van der Waals surface area contributed by atoms with Gasteiger partial charge in [-0.15, -0.1) is 0 Å². The van der Waals surface area contributed by atoms with Crippen LogP contribution >= 0.6 is 0 Å². The lowest BCUT2D eigenvalue weighted by molar-refractivity contribution is -0.127. The molecule has 1 aliphatic heterocycles. The van der Waals surface area contributed by atoms with Crippen molar-refractivity contribution in [3.8, 4) is 0 Å². The van der Waals surface area contributed by atoms with Crippen LogP contribution in [-0.2, 0) is 14.9 Å². The van der Waals surface area contributed by atoms with Crippen molar-refractivity contribution in [1.29, 1.82) is 0 Å². The summed E-state index contributed by atoms with van der Waals surface area (Å²) in [5.41, 5.74) is 0.730. The van der Waals surface area contributed by atoms with E-state index in [9.17, 15) is 4.79 Å². The minimum absolute atomic E-state index is 0.0722. The summed E-state index contributed by atoms with van der Waals surface area (Å²) in [6.07, 6.45) is 2.12. The molecular formula is C19H29N5O3. The molecule has 27 heavy (non-hydrogen) atoms. The Morgan fingerprint density at radius 2 is 2.07 bits per heavy atom. The molecule has 0 spiro atoms. The van der Waals surface area contributed by atoms with Crippen LogP contribution in [0.5, 0.6) is 0 Å². The van der Waals surface area contributed by atoms with E-state index in [-0.39, 0.29) is 35.4 Å². The van der Waals surface area contributed by atoms with Gasteiger partial charge in [0.25, 0.3) is 0 Å². The molecular weight excluding hydrogens is 346 g/mol. The van der Waals surface area contributed by atoms with Crippen molar-refractivity contribution in [2.45, 2.75) is 71.6 Å². The molecule has 0 radical (unpaired) electrons. The topological polar surface area (TPSA) is 95.1 Å². The highest BCUT2D eigenvalue weighted by Crippen LogP contribution is 2.36. The van der Waals surface area contributed by atoms with Crippen LogP contribution in [0, 0.1) is 5.92 Å². The summed E-state index contributed by atoms with van der Waals surface area (Å²) < 4.78 is 13.1. The van der Waals surface area contributed by atoms with Crippen LogP contribution in [0.1, 0.15) is 83.6 Å². The summed E-state index contributed by atoms with van der Waals surface area (Å²) in [4.78, 5) is 17.3. The first-order valence-electron chi connectivity index (χ1n) is 9.48. The zero-order valence-corrected chi connectivity index (χ0v) is 16.9. The monoisotopic (exact) mass is 375 g/mol. The fourth-order valence-corrected chi connectivity index (χ4v) is 3.23. The molecule has 0 unspecified atom stereocenters. The number of amides is 1. The molecule has 2 aromatic rings. The third-order valence-corrected chi connectivity index (χ3v) is 4.75. The second-order valence-corrected chi connectivity index (χ2v) is 8.42. The molecule has 1 saturated heterocycles. The van der Waals surface area contributed by atoms with E-state index >= 15 is 0 Å². The summed E-state index contributed by atoms with van der Waals surface area (Å²) in [5.74, 6) is 0.696. The number of ether oxygens (including phenoxy) is 1. The van der Waals surface area contributed by atoms with Crippen LogP contribution in [0.25, 0.3) is 0 Å². The quantitative estimate of drug-likeness (QED) is 0.863. The van der Waals surface area contributed by atoms with Crippen molar-refractivity contribution in [3.05, 3.63) is 29.7 Å². The Kier molecular flexibility index (Phi) is 5.37. The molecule has 1 aliphatic rings. The average molecular weight is 375 g/mol. The molecule has 148 valence electrons. The number of hydrogen-bond acceptors (Lipinski definition) is 6. The second-order valence-electron chi connectivity index (χ2n) is 8.42. The standard InChI is InChI=1S/C19H29N5O3/c1-11(2)24-14(7-9-20-24)15-13(8-10-26-15)16(25)21-12(3)17-22-18(23-27-17)19(4,5)6/h7,9,11-13,15H,8,10H2,1-6H3,(H,21,25)/t12-,13+,15+/m1/s1. The SMILES string of the molecule is CC(C)n1nccc1[C@H]1OCC[C@@H]1C(=O)N[C@H](C)c1nc(C(C)(C)C)no1. The van der Waals surface area contributed by atoms with Gasteiger partial charge in [0.2, 0.25) is 11.8 Å². The Balaban J connectivity index is 1.71. The fourth-order valence-electron chi connectivity index (χ4n) is 3.23. The third-order valence-electron chi connectivity index (χ3n) is 4.75. The van der Waals surface area contributed by atoms with Crippen LogP contribution in [-0.4, -0.2) is 32.4 Å². The molecule has 1 fully saturated rings. The number of carbonyl (C=O) groups excluding carboxylic acids is 1. The van der Waals surface area contributed by atoms with Crippen LogP contribution < -0.4 is 5.32 Å². The van der Waals surface area contributed by atoms with E-state index in [1.165, 1.54) is 0 Å². The summed E-state index contributed by atoms with van der Waals surface area (Å²) >= 11 is 0. The molecule has 8 nitrogen and oxygen atoms in total. The lowest BCUT2D eigenvalue weighted by atomic mass is 9.96. The van der Waals surface area contributed by atoms with Crippen molar-refractivity contribution in [2.24, 2.45) is 5.92 Å². The molecule has 1 amide bonds. The van der Waals surface area contributed by atoms with Crippen LogP contribution in [0.2, 0.25) is 0 Å². The Hall–Kier alpha value is -2.22. The Bertz CT molecular complexity index is 789. The molecule has 0 bridgehead atoms. The predicted octanol–water partition coefficient (Wildman–Crippen LogP) is 3.10. The smallest absolute Gasteiger partial charge is 0.248 e. The lowest BCUT2D eigenvalue weighted by Gasteiger charge is -2.22. The molecule has 0 saturated carbocycles. The first kappa shape index (κ1) is 19.5. The maximum Gasteiger partial charge on any atom is 0.248 e. The Labute approximate surface area is 159 Å². The van der Waals surface area contributed by atoms with Crippen LogP contribution in [0.15, 0.2) is 16.8 Å². The van der Waals surface area contributed by atoms with Crippen molar-refractivity contribution in [3.63, 3.8) is 0 Å². The van der Waals surface area contributed by atoms with Gasteiger partial charge in [-0.2, -0.15) is 10.1 Å². The highest BCUT2D eigenvalue weighted by atomic mass is 16.5. The van der Waals surface area contributed by atoms with E-state index in [1.54, 1.807) is 6.20 Å². The molecule has 3 heterocycles. The number of rotatable bonds is 5. The largest absolute Gasteiger partial charge is 0.371 e. The van der Waals surface area contributed by atoms with E-state index in [0.717, 1.165) is 5.69 Å². The summed E-state index contributed by atoms with van der Waals surface area (Å²) in [7, 11) is 0. The normalized spacial score (nSPS) is 21.6. The van der Waals surface area contributed by atoms with Crippen molar-refractivity contribution >= 4 is 5.91 Å². The first-order chi connectivity index (χ1) is 12.7. The number of carbonyl (C=O) groups is 1. The van der Waals surface area contributed by atoms with Gasteiger partial charge in [0.15, 0.2) is 5.82 Å². The maximum absolute atomic E-state index is 12.9. The van der Waals surface area contributed by atoms with Gasteiger partial charge < -0.3 is 14.6 Å². The zero-order chi connectivity index (χ0) is 19.8. The minimum Gasteiger partial charge on any atom is -0.371 e. The predicted molar refractivity (Wildman–Crippen MR) is 99.0 cm³/mol. The number of aromatic nitrogens is 4. The molecule has 1 N–H and O–H groups in total. The molecule has 0 aliphatic carbocycles. The van der Waals surface area contributed by atoms with Crippen molar-refractivity contribution in [1.82, 2.24) is 25.2 Å². The zero-order valence-electron chi connectivity index (χ0n) is 16.9.